The number of aryl methyl sites for hydroxylation is 2. The lowest BCUT2D eigenvalue weighted by Crippen LogP contribution is -2.34. The van der Waals surface area contributed by atoms with Gasteiger partial charge in [0.1, 0.15) is 5.75 Å². The van der Waals surface area contributed by atoms with Crippen molar-refractivity contribution in [3.63, 3.8) is 0 Å². The van der Waals surface area contributed by atoms with Crippen molar-refractivity contribution >= 4 is 5.91 Å². The highest BCUT2D eigenvalue weighted by atomic mass is 16.5. The predicted octanol–water partition coefficient (Wildman–Crippen LogP) is 4.55. The van der Waals surface area contributed by atoms with Crippen LogP contribution in [0.2, 0.25) is 0 Å². The standard InChI is InChI=1S/C22H26N2O2/c1-5-24(18(4)20-8-6-19(15-23)7-9-20)22(25)10-11-26-21-13-16(2)12-17(3)14-21/h6-9,12-14,18H,5,10-11H2,1-4H3. The summed E-state index contributed by atoms with van der Waals surface area (Å²) in [6, 6.07) is 15.5. The molecule has 0 heterocycles. The lowest BCUT2D eigenvalue weighted by molar-refractivity contribution is -0.133. The summed E-state index contributed by atoms with van der Waals surface area (Å²) >= 11 is 0. The maximum absolute atomic E-state index is 12.6. The summed E-state index contributed by atoms with van der Waals surface area (Å²) in [6.45, 7) is 9.03. The molecule has 0 aromatic heterocycles. The Bertz CT molecular complexity index is 771. The Labute approximate surface area is 156 Å². The summed E-state index contributed by atoms with van der Waals surface area (Å²) in [5.74, 6) is 0.868. The fraction of sp³-hybridized carbons (Fsp3) is 0.364. The van der Waals surface area contributed by atoms with E-state index in [1.165, 1.54) is 0 Å². The molecule has 4 nitrogen and oxygen atoms in total. The van der Waals surface area contributed by atoms with Crippen LogP contribution in [0.4, 0.5) is 0 Å². The van der Waals surface area contributed by atoms with Crippen LogP contribution in [0.1, 0.15) is 48.6 Å². The monoisotopic (exact) mass is 350 g/mol. The smallest absolute Gasteiger partial charge is 0.226 e. The van der Waals surface area contributed by atoms with Gasteiger partial charge in [-0.1, -0.05) is 18.2 Å². The van der Waals surface area contributed by atoms with Crippen molar-refractivity contribution < 1.29 is 9.53 Å². The maximum Gasteiger partial charge on any atom is 0.226 e. The van der Waals surface area contributed by atoms with Crippen LogP contribution in [0, 0.1) is 25.2 Å². The molecular formula is C22H26N2O2. The van der Waals surface area contributed by atoms with Crippen LogP contribution in [0.3, 0.4) is 0 Å². The van der Waals surface area contributed by atoms with Crippen LogP contribution in [0.5, 0.6) is 5.75 Å². The predicted molar refractivity (Wildman–Crippen MR) is 103 cm³/mol. The third-order valence-electron chi connectivity index (χ3n) is 4.43. The van der Waals surface area contributed by atoms with E-state index in [1.807, 2.05) is 56.9 Å². The van der Waals surface area contributed by atoms with Gasteiger partial charge < -0.3 is 9.64 Å². The van der Waals surface area contributed by atoms with Gasteiger partial charge in [-0.05, 0) is 68.7 Å². The Hall–Kier alpha value is -2.80. The molecule has 136 valence electrons. The quantitative estimate of drug-likeness (QED) is 0.736. The third-order valence-corrected chi connectivity index (χ3v) is 4.43. The van der Waals surface area contributed by atoms with Gasteiger partial charge in [-0.25, -0.2) is 0 Å². The van der Waals surface area contributed by atoms with Crippen molar-refractivity contribution in [2.24, 2.45) is 0 Å². The number of rotatable bonds is 7. The maximum atomic E-state index is 12.6. The zero-order valence-electron chi connectivity index (χ0n) is 16.0. The fourth-order valence-corrected chi connectivity index (χ4v) is 3.10. The molecule has 0 aliphatic rings. The second-order valence-electron chi connectivity index (χ2n) is 6.51. The molecule has 1 unspecified atom stereocenters. The Balaban J connectivity index is 1.95. The van der Waals surface area contributed by atoms with Crippen molar-refractivity contribution in [1.29, 1.82) is 5.26 Å². The Morgan fingerprint density at radius 1 is 1.15 bits per heavy atom. The molecule has 0 bridgehead atoms. The number of hydrogen-bond donors (Lipinski definition) is 0. The minimum absolute atomic E-state index is 0.0403. The molecule has 1 amide bonds. The van der Waals surface area contributed by atoms with Crippen molar-refractivity contribution in [2.45, 2.75) is 40.2 Å². The molecular weight excluding hydrogens is 324 g/mol. The van der Waals surface area contributed by atoms with Crippen LogP contribution in [-0.2, 0) is 4.79 Å². The van der Waals surface area contributed by atoms with E-state index in [2.05, 4.69) is 12.1 Å². The molecule has 2 rings (SSSR count). The summed E-state index contributed by atoms with van der Waals surface area (Å²) in [6.07, 6.45) is 0.335. The van der Waals surface area contributed by atoms with Crippen molar-refractivity contribution in [3.8, 4) is 11.8 Å². The molecule has 4 heteroatoms. The van der Waals surface area contributed by atoms with Gasteiger partial charge in [-0.3, -0.25) is 4.79 Å². The number of nitriles is 1. The average Bonchev–Trinajstić information content (AvgIpc) is 2.61. The summed E-state index contributed by atoms with van der Waals surface area (Å²) in [7, 11) is 0. The summed E-state index contributed by atoms with van der Waals surface area (Å²) in [4.78, 5) is 14.5. The van der Waals surface area contributed by atoms with E-state index in [9.17, 15) is 4.79 Å². The van der Waals surface area contributed by atoms with Gasteiger partial charge in [0.15, 0.2) is 0 Å². The van der Waals surface area contributed by atoms with E-state index in [0.29, 0.717) is 25.1 Å². The number of nitrogens with zero attached hydrogens (tertiary/aromatic N) is 2. The molecule has 0 saturated heterocycles. The van der Waals surface area contributed by atoms with Gasteiger partial charge in [-0.2, -0.15) is 5.26 Å². The zero-order chi connectivity index (χ0) is 19.1. The highest BCUT2D eigenvalue weighted by molar-refractivity contribution is 5.76. The molecule has 0 aliphatic carbocycles. The van der Waals surface area contributed by atoms with Gasteiger partial charge in [-0.15, -0.1) is 0 Å². The minimum Gasteiger partial charge on any atom is -0.493 e. The van der Waals surface area contributed by atoms with Gasteiger partial charge in [0, 0.05) is 6.54 Å². The molecule has 0 radical (unpaired) electrons. The Morgan fingerprint density at radius 3 is 2.31 bits per heavy atom. The topological polar surface area (TPSA) is 53.3 Å². The van der Waals surface area contributed by atoms with E-state index in [0.717, 1.165) is 22.4 Å². The molecule has 0 N–H and O–H groups in total. The van der Waals surface area contributed by atoms with E-state index in [-0.39, 0.29) is 11.9 Å². The molecule has 0 fully saturated rings. The third kappa shape index (κ3) is 5.10. The highest BCUT2D eigenvalue weighted by Crippen LogP contribution is 2.22. The van der Waals surface area contributed by atoms with Gasteiger partial charge in [0.05, 0.1) is 30.7 Å². The Kier molecular flexibility index (Phi) is 6.80. The second kappa shape index (κ2) is 9.05. The normalized spacial score (nSPS) is 11.5. The molecule has 2 aromatic rings. The van der Waals surface area contributed by atoms with Crippen LogP contribution < -0.4 is 4.74 Å². The lowest BCUT2D eigenvalue weighted by atomic mass is 10.0. The van der Waals surface area contributed by atoms with Crippen LogP contribution in [0.15, 0.2) is 42.5 Å². The van der Waals surface area contributed by atoms with Gasteiger partial charge >= 0.3 is 0 Å². The zero-order valence-corrected chi connectivity index (χ0v) is 16.0. The van der Waals surface area contributed by atoms with Crippen LogP contribution >= 0.6 is 0 Å². The first kappa shape index (κ1) is 19.5. The molecule has 0 saturated carbocycles. The first-order chi connectivity index (χ1) is 12.4. The van der Waals surface area contributed by atoms with Crippen molar-refractivity contribution in [1.82, 2.24) is 4.90 Å². The number of amides is 1. The first-order valence-electron chi connectivity index (χ1n) is 8.95. The molecule has 0 spiro atoms. The first-order valence-corrected chi connectivity index (χ1v) is 8.95. The highest BCUT2D eigenvalue weighted by Gasteiger charge is 2.19. The second-order valence-corrected chi connectivity index (χ2v) is 6.51. The molecule has 2 aromatic carbocycles. The number of ether oxygens (including phenoxy) is 1. The minimum atomic E-state index is -0.0403. The van der Waals surface area contributed by atoms with Crippen LogP contribution in [-0.4, -0.2) is 24.0 Å². The average molecular weight is 350 g/mol. The number of carbonyl (C=O) groups excluding carboxylic acids is 1. The summed E-state index contributed by atoms with van der Waals surface area (Å²) in [5, 5.41) is 8.91. The van der Waals surface area contributed by atoms with E-state index in [1.54, 1.807) is 12.1 Å². The molecule has 26 heavy (non-hydrogen) atoms. The largest absolute Gasteiger partial charge is 0.493 e. The van der Waals surface area contributed by atoms with E-state index >= 15 is 0 Å². The number of carbonyl (C=O) groups is 1. The van der Waals surface area contributed by atoms with E-state index < -0.39 is 0 Å². The van der Waals surface area contributed by atoms with E-state index in [4.69, 9.17) is 10.00 Å². The fourth-order valence-electron chi connectivity index (χ4n) is 3.10. The van der Waals surface area contributed by atoms with Gasteiger partial charge in [0.25, 0.3) is 0 Å². The number of hydrogen-bond acceptors (Lipinski definition) is 3. The summed E-state index contributed by atoms with van der Waals surface area (Å²) in [5.41, 5.74) is 3.94. The lowest BCUT2D eigenvalue weighted by Gasteiger charge is -2.28. The summed E-state index contributed by atoms with van der Waals surface area (Å²) < 4.78 is 5.77. The van der Waals surface area contributed by atoms with Crippen LogP contribution in [0.25, 0.3) is 0 Å². The SMILES string of the molecule is CCN(C(=O)CCOc1cc(C)cc(C)c1)C(C)c1ccc(C#N)cc1. The number of benzene rings is 2. The molecule has 1 atom stereocenters. The van der Waals surface area contributed by atoms with Crippen molar-refractivity contribution in [2.75, 3.05) is 13.2 Å². The molecule has 0 aliphatic heterocycles. The van der Waals surface area contributed by atoms with Gasteiger partial charge in [0.2, 0.25) is 5.91 Å². The van der Waals surface area contributed by atoms with Crippen molar-refractivity contribution in [3.05, 3.63) is 64.7 Å². The Morgan fingerprint density at radius 2 is 1.77 bits per heavy atom.